The number of phenols is 1. The first-order chi connectivity index (χ1) is 9.16. The van der Waals surface area contributed by atoms with Gasteiger partial charge in [-0.3, -0.25) is 4.90 Å². The number of aromatic hydroxyl groups is 1. The quantitative estimate of drug-likeness (QED) is 0.859. The molecule has 1 saturated heterocycles. The number of hydrogen-bond donors (Lipinski definition) is 2. The lowest BCUT2D eigenvalue weighted by molar-refractivity contribution is 0.241. The Morgan fingerprint density at radius 1 is 1.26 bits per heavy atom. The number of nitrogens with two attached hydrogens (primary N) is 1. The third kappa shape index (κ3) is 2.37. The van der Waals surface area contributed by atoms with Crippen molar-refractivity contribution in [3.63, 3.8) is 0 Å². The van der Waals surface area contributed by atoms with Crippen molar-refractivity contribution in [2.24, 2.45) is 17.6 Å². The van der Waals surface area contributed by atoms with E-state index in [0.717, 1.165) is 24.6 Å². The van der Waals surface area contributed by atoms with Gasteiger partial charge in [0.25, 0.3) is 0 Å². The van der Waals surface area contributed by atoms with Crippen molar-refractivity contribution < 1.29 is 5.11 Å². The average molecular weight is 260 g/mol. The summed E-state index contributed by atoms with van der Waals surface area (Å²) < 4.78 is 0. The number of likely N-dealkylation sites (tertiary alicyclic amines) is 1. The van der Waals surface area contributed by atoms with E-state index in [-0.39, 0.29) is 6.04 Å². The van der Waals surface area contributed by atoms with Crippen LogP contribution in [-0.2, 0) is 0 Å². The lowest BCUT2D eigenvalue weighted by atomic mass is 9.78. The van der Waals surface area contributed by atoms with Gasteiger partial charge in [-0.25, -0.2) is 0 Å². The molecule has 0 aromatic heterocycles. The molecule has 0 bridgehead atoms. The number of fused-ring (bicyclic) bond motifs is 1. The SMILES string of the molecule is CC(c1ccccc1O)N1CC2CCCC(N)C2C1. The molecule has 0 spiro atoms. The Hall–Kier alpha value is -1.06. The van der Waals surface area contributed by atoms with Crippen LogP contribution in [0.5, 0.6) is 5.75 Å². The minimum Gasteiger partial charge on any atom is -0.508 e. The normalized spacial score (nSPS) is 33.1. The summed E-state index contributed by atoms with van der Waals surface area (Å²) >= 11 is 0. The van der Waals surface area contributed by atoms with Crippen molar-refractivity contribution in [2.75, 3.05) is 13.1 Å². The molecule has 2 aliphatic rings. The molecule has 1 saturated carbocycles. The number of benzene rings is 1. The van der Waals surface area contributed by atoms with E-state index in [1.165, 1.54) is 19.3 Å². The highest BCUT2D eigenvalue weighted by Gasteiger charge is 2.40. The summed E-state index contributed by atoms with van der Waals surface area (Å²) in [6, 6.07) is 8.34. The number of rotatable bonds is 2. The molecule has 4 atom stereocenters. The van der Waals surface area contributed by atoms with Crippen LogP contribution in [-0.4, -0.2) is 29.1 Å². The minimum atomic E-state index is 0.277. The number of phenolic OH excluding ortho intramolecular Hbond substituents is 1. The summed E-state index contributed by atoms with van der Waals surface area (Å²) in [5, 5.41) is 10.0. The van der Waals surface area contributed by atoms with Gasteiger partial charge in [-0.1, -0.05) is 24.6 Å². The lowest BCUT2D eigenvalue weighted by Gasteiger charge is -2.30. The molecular formula is C16H24N2O. The van der Waals surface area contributed by atoms with Crippen LogP contribution < -0.4 is 5.73 Å². The molecule has 3 nitrogen and oxygen atoms in total. The summed E-state index contributed by atoms with van der Waals surface area (Å²) in [7, 11) is 0. The zero-order valence-corrected chi connectivity index (χ0v) is 11.6. The first-order valence-electron chi connectivity index (χ1n) is 7.44. The van der Waals surface area contributed by atoms with Crippen molar-refractivity contribution in [1.29, 1.82) is 0 Å². The monoisotopic (exact) mass is 260 g/mol. The van der Waals surface area contributed by atoms with Gasteiger partial charge in [0.15, 0.2) is 0 Å². The van der Waals surface area contributed by atoms with Crippen LogP contribution in [0.15, 0.2) is 24.3 Å². The Morgan fingerprint density at radius 3 is 2.79 bits per heavy atom. The Morgan fingerprint density at radius 2 is 2.05 bits per heavy atom. The van der Waals surface area contributed by atoms with E-state index in [1.54, 1.807) is 6.07 Å². The maximum atomic E-state index is 10.0. The molecule has 104 valence electrons. The third-order valence-electron chi connectivity index (χ3n) is 5.12. The Kier molecular flexibility index (Phi) is 3.50. The Labute approximate surface area is 115 Å². The molecule has 0 amide bonds. The number of para-hydroxylation sites is 1. The predicted octanol–water partition coefficient (Wildman–Crippen LogP) is 2.51. The van der Waals surface area contributed by atoms with Crippen LogP contribution in [0.4, 0.5) is 0 Å². The standard InChI is InChI=1S/C16H24N2O/c1-11(13-6-2-3-8-16(13)19)18-9-12-5-4-7-15(17)14(12)10-18/h2-3,6,8,11-12,14-15,19H,4-5,7,9-10,17H2,1H3. The van der Waals surface area contributed by atoms with E-state index in [4.69, 9.17) is 5.73 Å². The summed E-state index contributed by atoms with van der Waals surface area (Å²) in [6.45, 7) is 4.41. The molecule has 1 heterocycles. The smallest absolute Gasteiger partial charge is 0.120 e. The van der Waals surface area contributed by atoms with Gasteiger partial charge >= 0.3 is 0 Å². The lowest BCUT2D eigenvalue weighted by Crippen LogP contribution is -2.38. The molecule has 4 unspecified atom stereocenters. The summed E-state index contributed by atoms with van der Waals surface area (Å²) in [6.07, 6.45) is 3.78. The average Bonchev–Trinajstić information content (AvgIpc) is 2.84. The first-order valence-corrected chi connectivity index (χ1v) is 7.44. The molecule has 3 heteroatoms. The highest BCUT2D eigenvalue weighted by atomic mass is 16.3. The van der Waals surface area contributed by atoms with Crippen LogP contribution in [0.3, 0.4) is 0 Å². The van der Waals surface area contributed by atoms with Gasteiger partial charge in [0.2, 0.25) is 0 Å². The predicted molar refractivity (Wildman–Crippen MR) is 76.9 cm³/mol. The van der Waals surface area contributed by atoms with E-state index in [9.17, 15) is 5.11 Å². The van der Waals surface area contributed by atoms with E-state index >= 15 is 0 Å². The third-order valence-corrected chi connectivity index (χ3v) is 5.12. The first kappa shape index (κ1) is 12.9. The molecule has 1 aliphatic carbocycles. The second kappa shape index (κ2) is 5.14. The van der Waals surface area contributed by atoms with Crippen molar-refractivity contribution in [3.8, 4) is 5.75 Å². The fourth-order valence-electron chi connectivity index (χ4n) is 3.90. The van der Waals surface area contributed by atoms with Crippen molar-refractivity contribution in [3.05, 3.63) is 29.8 Å². The van der Waals surface area contributed by atoms with Crippen molar-refractivity contribution >= 4 is 0 Å². The fraction of sp³-hybridized carbons (Fsp3) is 0.625. The molecule has 1 aromatic rings. The van der Waals surface area contributed by atoms with E-state index in [2.05, 4.69) is 11.8 Å². The minimum absolute atomic E-state index is 0.277. The maximum absolute atomic E-state index is 10.0. The van der Waals surface area contributed by atoms with Gasteiger partial charge in [0.05, 0.1) is 0 Å². The zero-order chi connectivity index (χ0) is 13.4. The van der Waals surface area contributed by atoms with E-state index < -0.39 is 0 Å². The van der Waals surface area contributed by atoms with Gasteiger partial charge in [-0.05, 0) is 37.7 Å². The topological polar surface area (TPSA) is 49.5 Å². The van der Waals surface area contributed by atoms with Gasteiger partial charge in [0, 0.05) is 30.7 Å². The van der Waals surface area contributed by atoms with Crippen LogP contribution in [0, 0.1) is 11.8 Å². The molecule has 2 fully saturated rings. The largest absolute Gasteiger partial charge is 0.508 e. The summed E-state index contributed by atoms with van der Waals surface area (Å²) in [5.41, 5.74) is 7.31. The molecule has 1 aliphatic heterocycles. The van der Waals surface area contributed by atoms with Crippen LogP contribution in [0.25, 0.3) is 0 Å². The Bertz CT molecular complexity index is 448. The molecule has 19 heavy (non-hydrogen) atoms. The van der Waals surface area contributed by atoms with E-state index in [0.29, 0.717) is 17.7 Å². The van der Waals surface area contributed by atoms with Crippen molar-refractivity contribution in [2.45, 2.75) is 38.3 Å². The summed E-state index contributed by atoms with van der Waals surface area (Å²) in [4.78, 5) is 2.50. The zero-order valence-electron chi connectivity index (χ0n) is 11.6. The number of hydrogen-bond acceptors (Lipinski definition) is 3. The van der Waals surface area contributed by atoms with Crippen LogP contribution in [0.2, 0.25) is 0 Å². The molecule has 3 N–H and O–H groups in total. The highest BCUT2D eigenvalue weighted by molar-refractivity contribution is 5.34. The maximum Gasteiger partial charge on any atom is 0.120 e. The van der Waals surface area contributed by atoms with Gasteiger partial charge in [0.1, 0.15) is 5.75 Å². The van der Waals surface area contributed by atoms with Crippen LogP contribution >= 0.6 is 0 Å². The van der Waals surface area contributed by atoms with Gasteiger partial charge < -0.3 is 10.8 Å². The van der Waals surface area contributed by atoms with Crippen LogP contribution in [0.1, 0.15) is 37.8 Å². The Balaban J connectivity index is 1.75. The second-order valence-corrected chi connectivity index (χ2v) is 6.21. The van der Waals surface area contributed by atoms with Gasteiger partial charge in [-0.15, -0.1) is 0 Å². The fourth-order valence-corrected chi connectivity index (χ4v) is 3.90. The van der Waals surface area contributed by atoms with Gasteiger partial charge in [-0.2, -0.15) is 0 Å². The molecule has 1 aromatic carbocycles. The number of nitrogens with zero attached hydrogens (tertiary/aromatic N) is 1. The summed E-state index contributed by atoms with van der Waals surface area (Å²) in [5.74, 6) is 1.83. The van der Waals surface area contributed by atoms with E-state index in [1.807, 2.05) is 18.2 Å². The molecule has 0 radical (unpaired) electrons. The highest BCUT2D eigenvalue weighted by Crippen LogP contribution is 2.40. The second-order valence-electron chi connectivity index (χ2n) is 6.21. The molecular weight excluding hydrogens is 236 g/mol. The van der Waals surface area contributed by atoms with Crippen molar-refractivity contribution in [1.82, 2.24) is 4.90 Å². The molecule has 3 rings (SSSR count).